The third-order valence-corrected chi connectivity index (χ3v) is 5.10. The number of hydrogen-bond acceptors (Lipinski definition) is 0. The second-order valence-electron chi connectivity index (χ2n) is 5.39. The highest BCUT2D eigenvalue weighted by Gasteiger charge is 2.28. The summed E-state index contributed by atoms with van der Waals surface area (Å²) in [6.45, 7) is 4.41. The summed E-state index contributed by atoms with van der Waals surface area (Å²) in [6, 6.07) is 15.9. The molecule has 3 atom stereocenters. The Hall–Kier alpha value is -0.690. The Balaban J connectivity index is 2.43. The van der Waals surface area contributed by atoms with Gasteiger partial charge in [0.05, 0.1) is 5.38 Å². The normalized spacial score (nSPS) is 15.5. The fourth-order valence-corrected chi connectivity index (χ4v) is 3.68. The van der Waals surface area contributed by atoms with Gasteiger partial charge in [0.15, 0.2) is 0 Å². The van der Waals surface area contributed by atoms with Crippen LogP contribution >= 0.6 is 34.8 Å². The van der Waals surface area contributed by atoms with Gasteiger partial charge in [-0.25, -0.2) is 0 Å². The molecule has 2 aromatic carbocycles. The van der Waals surface area contributed by atoms with E-state index in [0.29, 0.717) is 16.0 Å². The molecular weight excluding hydrogens is 323 g/mol. The van der Waals surface area contributed by atoms with E-state index in [0.717, 1.165) is 12.0 Å². The second kappa shape index (κ2) is 7.54. The van der Waals surface area contributed by atoms with Crippen LogP contribution in [-0.4, -0.2) is 0 Å². The average molecular weight is 342 g/mol. The average Bonchev–Trinajstić information content (AvgIpc) is 2.50. The Bertz CT molecular complexity index is 580. The molecule has 2 rings (SSSR count). The Morgan fingerprint density at radius 1 is 1.00 bits per heavy atom. The molecule has 0 fully saturated rings. The molecule has 0 heterocycles. The minimum absolute atomic E-state index is 0.200. The van der Waals surface area contributed by atoms with Crippen molar-refractivity contribution in [3.8, 4) is 0 Å². The fraction of sp³-hybridized carbons (Fsp3) is 0.333. The Labute approximate surface area is 142 Å². The second-order valence-corrected chi connectivity index (χ2v) is 6.70. The summed E-state index contributed by atoms with van der Waals surface area (Å²) in [7, 11) is 0. The lowest BCUT2D eigenvalue weighted by Crippen LogP contribution is -2.15. The van der Waals surface area contributed by atoms with Crippen LogP contribution in [0.1, 0.15) is 42.7 Å². The van der Waals surface area contributed by atoms with Gasteiger partial charge in [0.25, 0.3) is 0 Å². The van der Waals surface area contributed by atoms with Crippen LogP contribution < -0.4 is 0 Å². The summed E-state index contributed by atoms with van der Waals surface area (Å²) in [6.07, 6.45) is 1.06. The summed E-state index contributed by atoms with van der Waals surface area (Å²) in [5.41, 5.74) is 2.14. The maximum atomic E-state index is 6.81. The quantitative estimate of drug-likeness (QED) is 0.508. The molecule has 21 heavy (non-hydrogen) atoms. The zero-order valence-electron chi connectivity index (χ0n) is 12.2. The first-order chi connectivity index (χ1) is 10.0. The SMILES string of the molecule is CCC(C)C(c1ccccc1)C(Cl)c1cc(Cl)ccc1Cl. The first kappa shape index (κ1) is 16.7. The van der Waals surface area contributed by atoms with E-state index in [1.807, 2.05) is 30.3 Å². The van der Waals surface area contributed by atoms with Crippen molar-refractivity contribution in [2.24, 2.45) is 5.92 Å². The molecule has 112 valence electrons. The van der Waals surface area contributed by atoms with Crippen LogP contribution in [0.25, 0.3) is 0 Å². The van der Waals surface area contributed by atoms with Gasteiger partial charge in [-0.05, 0) is 35.2 Å². The molecule has 2 aromatic rings. The minimum Gasteiger partial charge on any atom is -0.117 e. The molecule has 0 aliphatic rings. The summed E-state index contributed by atoms with van der Waals surface area (Å²) in [5.74, 6) is 0.652. The number of rotatable bonds is 5. The van der Waals surface area contributed by atoms with Gasteiger partial charge in [0.1, 0.15) is 0 Å². The molecule has 0 aliphatic heterocycles. The molecule has 3 heteroatoms. The lowest BCUT2D eigenvalue weighted by atomic mass is 9.81. The molecule has 0 aromatic heterocycles. The number of halogens is 3. The van der Waals surface area contributed by atoms with Crippen LogP contribution in [0.15, 0.2) is 48.5 Å². The molecule has 0 nitrogen and oxygen atoms in total. The van der Waals surface area contributed by atoms with Gasteiger partial charge in [0.2, 0.25) is 0 Å². The van der Waals surface area contributed by atoms with E-state index in [2.05, 4.69) is 26.0 Å². The Kier molecular flexibility index (Phi) is 5.98. The highest BCUT2D eigenvalue weighted by atomic mass is 35.5. The molecule has 0 spiro atoms. The predicted molar refractivity (Wildman–Crippen MR) is 93.7 cm³/mol. The number of alkyl halides is 1. The zero-order valence-corrected chi connectivity index (χ0v) is 14.5. The van der Waals surface area contributed by atoms with Crippen molar-refractivity contribution >= 4 is 34.8 Å². The van der Waals surface area contributed by atoms with Crippen LogP contribution in [0.3, 0.4) is 0 Å². The zero-order chi connectivity index (χ0) is 15.4. The van der Waals surface area contributed by atoms with E-state index in [1.165, 1.54) is 5.56 Å². The first-order valence-electron chi connectivity index (χ1n) is 7.18. The minimum atomic E-state index is -0.200. The third-order valence-electron chi connectivity index (χ3n) is 4.01. The Morgan fingerprint density at radius 2 is 1.67 bits per heavy atom. The van der Waals surface area contributed by atoms with Gasteiger partial charge < -0.3 is 0 Å². The molecule has 0 saturated heterocycles. The summed E-state index contributed by atoms with van der Waals surface area (Å²) in [5, 5.41) is 1.13. The number of benzene rings is 2. The van der Waals surface area contributed by atoms with Crippen LogP contribution in [-0.2, 0) is 0 Å². The third kappa shape index (κ3) is 3.94. The lowest BCUT2D eigenvalue weighted by molar-refractivity contribution is 0.434. The molecular formula is C18H19Cl3. The van der Waals surface area contributed by atoms with E-state index in [9.17, 15) is 0 Å². The molecule has 0 bridgehead atoms. The van der Waals surface area contributed by atoms with E-state index >= 15 is 0 Å². The predicted octanol–water partition coefficient (Wildman–Crippen LogP) is 7.10. The van der Waals surface area contributed by atoms with Crippen LogP contribution in [0.5, 0.6) is 0 Å². The van der Waals surface area contributed by atoms with E-state index in [-0.39, 0.29) is 11.3 Å². The molecule has 0 radical (unpaired) electrons. The van der Waals surface area contributed by atoms with Gasteiger partial charge in [-0.1, -0.05) is 73.8 Å². The van der Waals surface area contributed by atoms with Crippen molar-refractivity contribution in [3.05, 3.63) is 69.7 Å². The van der Waals surface area contributed by atoms with E-state index in [4.69, 9.17) is 34.8 Å². The first-order valence-corrected chi connectivity index (χ1v) is 8.37. The molecule has 0 aliphatic carbocycles. The van der Waals surface area contributed by atoms with Gasteiger partial charge in [0, 0.05) is 16.0 Å². The van der Waals surface area contributed by atoms with Crippen molar-refractivity contribution in [1.29, 1.82) is 0 Å². The monoisotopic (exact) mass is 340 g/mol. The highest BCUT2D eigenvalue weighted by molar-refractivity contribution is 6.34. The summed E-state index contributed by atoms with van der Waals surface area (Å²) < 4.78 is 0. The molecule has 0 N–H and O–H groups in total. The molecule has 0 saturated carbocycles. The smallest absolute Gasteiger partial charge is 0.0671 e. The fourth-order valence-electron chi connectivity index (χ4n) is 2.63. The van der Waals surface area contributed by atoms with Crippen molar-refractivity contribution in [2.75, 3.05) is 0 Å². The van der Waals surface area contributed by atoms with Crippen molar-refractivity contribution < 1.29 is 0 Å². The van der Waals surface area contributed by atoms with Crippen molar-refractivity contribution in [3.63, 3.8) is 0 Å². The molecule has 3 unspecified atom stereocenters. The summed E-state index contributed by atoms with van der Waals surface area (Å²) >= 11 is 19.2. The molecule has 0 amide bonds. The van der Waals surface area contributed by atoms with E-state index < -0.39 is 0 Å². The van der Waals surface area contributed by atoms with E-state index in [1.54, 1.807) is 6.07 Å². The summed E-state index contributed by atoms with van der Waals surface area (Å²) in [4.78, 5) is 0. The Morgan fingerprint density at radius 3 is 2.29 bits per heavy atom. The lowest BCUT2D eigenvalue weighted by Gasteiger charge is -2.29. The van der Waals surface area contributed by atoms with Gasteiger partial charge in [-0.15, -0.1) is 11.6 Å². The topological polar surface area (TPSA) is 0 Å². The standard InChI is InChI=1S/C18H19Cl3/c1-3-12(2)17(13-7-5-4-6-8-13)18(21)15-11-14(19)9-10-16(15)20/h4-12,17-18H,3H2,1-2H3. The van der Waals surface area contributed by atoms with Crippen molar-refractivity contribution in [1.82, 2.24) is 0 Å². The van der Waals surface area contributed by atoms with Gasteiger partial charge >= 0.3 is 0 Å². The highest BCUT2D eigenvalue weighted by Crippen LogP contribution is 2.45. The number of hydrogen-bond donors (Lipinski definition) is 0. The van der Waals surface area contributed by atoms with Crippen molar-refractivity contribution in [2.45, 2.75) is 31.6 Å². The maximum absolute atomic E-state index is 6.81. The maximum Gasteiger partial charge on any atom is 0.0671 e. The van der Waals surface area contributed by atoms with Crippen LogP contribution in [0.2, 0.25) is 10.0 Å². The van der Waals surface area contributed by atoms with Gasteiger partial charge in [-0.3, -0.25) is 0 Å². The van der Waals surface area contributed by atoms with Gasteiger partial charge in [-0.2, -0.15) is 0 Å². The largest absolute Gasteiger partial charge is 0.117 e. The van der Waals surface area contributed by atoms with Crippen LogP contribution in [0.4, 0.5) is 0 Å². The van der Waals surface area contributed by atoms with Crippen LogP contribution in [0, 0.1) is 5.92 Å².